The number of rotatable bonds is 0. The number of nitrogens with zero attached hydrogens (tertiary/aromatic N) is 1. The van der Waals surface area contributed by atoms with Gasteiger partial charge in [-0.3, -0.25) is 0 Å². The zero-order chi connectivity index (χ0) is 7.72. The first-order chi connectivity index (χ1) is 4.61. The molecule has 0 unspecified atom stereocenters. The minimum atomic E-state index is 0.399. The molecule has 0 spiro atoms. The zero-order valence-electron chi connectivity index (χ0n) is 5.16. The predicted molar refractivity (Wildman–Crippen MR) is 46.7 cm³/mol. The molecule has 0 aliphatic rings. The van der Waals surface area contributed by atoms with Crippen LogP contribution in [-0.2, 0) is 0 Å². The van der Waals surface area contributed by atoms with Gasteiger partial charge < -0.3 is 0 Å². The van der Waals surface area contributed by atoms with Crippen LogP contribution in [0.15, 0.2) is 10.5 Å². The maximum absolute atomic E-state index is 5.67. The molecule has 1 nitrogen and oxygen atoms in total. The van der Waals surface area contributed by atoms with Gasteiger partial charge in [-0.2, -0.15) is 0 Å². The van der Waals surface area contributed by atoms with Crippen LogP contribution in [0.1, 0.15) is 5.56 Å². The second-order valence-electron chi connectivity index (χ2n) is 1.87. The average molecular weight is 241 g/mol. The highest BCUT2D eigenvalue weighted by Gasteiger charge is 2.01. The van der Waals surface area contributed by atoms with Crippen LogP contribution in [0.3, 0.4) is 0 Å². The molecule has 0 aliphatic carbocycles. The summed E-state index contributed by atoms with van der Waals surface area (Å²) < 4.78 is 0.774. The van der Waals surface area contributed by atoms with Crippen LogP contribution in [0.4, 0.5) is 0 Å². The monoisotopic (exact) mass is 239 g/mol. The summed E-state index contributed by atoms with van der Waals surface area (Å²) in [5.41, 5.74) is 0.915. The molecule has 0 bridgehead atoms. The van der Waals surface area contributed by atoms with Crippen LogP contribution in [0.25, 0.3) is 0 Å². The highest BCUT2D eigenvalue weighted by Crippen LogP contribution is 2.24. The van der Waals surface area contributed by atoms with Gasteiger partial charge in [0, 0.05) is 0 Å². The molecule has 1 heterocycles. The van der Waals surface area contributed by atoms with Gasteiger partial charge >= 0.3 is 0 Å². The number of pyridine rings is 1. The van der Waals surface area contributed by atoms with E-state index in [4.69, 9.17) is 23.2 Å². The fourth-order valence-corrected chi connectivity index (χ4v) is 1.29. The molecule has 0 aromatic carbocycles. The van der Waals surface area contributed by atoms with E-state index in [1.807, 2.05) is 13.0 Å². The van der Waals surface area contributed by atoms with Crippen molar-refractivity contribution in [2.45, 2.75) is 6.92 Å². The summed E-state index contributed by atoms with van der Waals surface area (Å²) in [7, 11) is 0. The normalized spacial score (nSPS) is 10.0. The summed E-state index contributed by atoms with van der Waals surface area (Å²) in [6, 6.07) is 1.83. The molecule has 4 heteroatoms. The highest BCUT2D eigenvalue weighted by molar-refractivity contribution is 9.10. The van der Waals surface area contributed by atoms with Crippen molar-refractivity contribution in [2.75, 3.05) is 0 Å². The summed E-state index contributed by atoms with van der Waals surface area (Å²) in [5.74, 6) is 0. The number of hydrogen-bond acceptors (Lipinski definition) is 1. The maximum Gasteiger partial charge on any atom is 0.144 e. The minimum Gasteiger partial charge on any atom is -0.223 e. The van der Waals surface area contributed by atoms with E-state index in [0.717, 1.165) is 10.0 Å². The first kappa shape index (κ1) is 8.31. The van der Waals surface area contributed by atoms with Gasteiger partial charge in [-0.25, -0.2) is 4.98 Å². The number of halogens is 3. The summed E-state index contributed by atoms with van der Waals surface area (Å²) >= 11 is 14.5. The molecular formula is C6H4BrCl2N. The SMILES string of the molecule is Cc1cc(Br)c(Cl)nc1Cl. The Kier molecular flexibility index (Phi) is 2.55. The van der Waals surface area contributed by atoms with Crippen molar-refractivity contribution in [2.24, 2.45) is 0 Å². The number of aryl methyl sites for hydroxylation is 1. The Morgan fingerprint density at radius 2 is 2.00 bits per heavy atom. The minimum absolute atomic E-state index is 0.399. The molecule has 1 aromatic rings. The summed E-state index contributed by atoms with van der Waals surface area (Å²) in [4.78, 5) is 3.86. The molecule has 0 amide bonds. The van der Waals surface area contributed by atoms with Crippen molar-refractivity contribution in [1.82, 2.24) is 4.98 Å². The first-order valence-electron chi connectivity index (χ1n) is 2.59. The third-order valence-corrected chi connectivity index (χ3v) is 2.57. The third-order valence-electron chi connectivity index (χ3n) is 1.06. The van der Waals surface area contributed by atoms with E-state index in [0.29, 0.717) is 10.3 Å². The summed E-state index contributed by atoms with van der Waals surface area (Å²) in [5, 5.41) is 0.851. The van der Waals surface area contributed by atoms with Gasteiger partial charge in [0.05, 0.1) is 4.47 Å². The lowest BCUT2D eigenvalue weighted by molar-refractivity contribution is 1.25. The van der Waals surface area contributed by atoms with Gasteiger partial charge in [0.15, 0.2) is 0 Å². The Labute approximate surface area is 77.5 Å². The molecule has 0 saturated heterocycles. The van der Waals surface area contributed by atoms with Gasteiger partial charge in [0.25, 0.3) is 0 Å². The number of aromatic nitrogens is 1. The summed E-state index contributed by atoms with van der Waals surface area (Å²) in [6.07, 6.45) is 0. The van der Waals surface area contributed by atoms with Crippen molar-refractivity contribution >= 4 is 39.1 Å². The first-order valence-corrected chi connectivity index (χ1v) is 4.14. The van der Waals surface area contributed by atoms with Crippen LogP contribution in [-0.4, -0.2) is 4.98 Å². The van der Waals surface area contributed by atoms with Gasteiger partial charge in [-0.1, -0.05) is 23.2 Å². The molecule has 54 valence electrons. The lowest BCUT2D eigenvalue weighted by atomic mass is 10.3. The van der Waals surface area contributed by atoms with E-state index >= 15 is 0 Å². The molecule has 10 heavy (non-hydrogen) atoms. The van der Waals surface area contributed by atoms with Crippen molar-refractivity contribution in [3.63, 3.8) is 0 Å². The third kappa shape index (κ3) is 1.62. The molecule has 0 radical (unpaired) electrons. The highest BCUT2D eigenvalue weighted by atomic mass is 79.9. The quantitative estimate of drug-likeness (QED) is 0.633. The maximum atomic E-state index is 5.67. The van der Waals surface area contributed by atoms with Gasteiger partial charge in [0.2, 0.25) is 0 Å². The Morgan fingerprint density at radius 3 is 2.50 bits per heavy atom. The van der Waals surface area contributed by atoms with Crippen molar-refractivity contribution in [3.8, 4) is 0 Å². The molecule has 0 fully saturated rings. The lowest BCUT2D eigenvalue weighted by Gasteiger charge is -1.98. The Bertz CT molecular complexity index is 212. The Morgan fingerprint density at radius 1 is 1.40 bits per heavy atom. The van der Waals surface area contributed by atoms with Crippen molar-refractivity contribution in [3.05, 3.63) is 26.4 Å². The predicted octanol–water partition coefficient (Wildman–Crippen LogP) is 3.46. The molecule has 0 aliphatic heterocycles. The van der Waals surface area contributed by atoms with Crippen molar-refractivity contribution in [1.29, 1.82) is 0 Å². The zero-order valence-corrected chi connectivity index (χ0v) is 8.26. The molecule has 1 rings (SSSR count). The fraction of sp³-hybridized carbons (Fsp3) is 0.167. The van der Waals surface area contributed by atoms with E-state index in [2.05, 4.69) is 20.9 Å². The van der Waals surface area contributed by atoms with Crippen LogP contribution < -0.4 is 0 Å². The number of hydrogen-bond donors (Lipinski definition) is 0. The molecule has 0 N–H and O–H groups in total. The van der Waals surface area contributed by atoms with Crippen molar-refractivity contribution < 1.29 is 0 Å². The molecule has 0 atom stereocenters. The standard InChI is InChI=1S/C6H4BrCl2N/c1-3-2-4(7)6(9)10-5(3)8/h2H,1H3. The second-order valence-corrected chi connectivity index (χ2v) is 3.44. The van der Waals surface area contributed by atoms with E-state index in [-0.39, 0.29) is 0 Å². The molecule has 1 aromatic heterocycles. The Hall–Kier alpha value is 0.210. The topological polar surface area (TPSA) is 12.9 Å². The van der Waals surface area contributed by atoms with E-state index < -0.39 is 0 Å². The van der Waals surface area contributed by atoms with E-state index in [1.54, 1.807) is 0 Å². The van der Waals surface area contributed by atoms with Crippen LogP contribution in [0.5, 0.6) is 0 Å². The van der Waals surface area contributed by atoms with Gasteiger partial charge in [-0.15, -0.1) is 0 Å². The second kappa shape index (κ2) is 3.07. The van der Waals surface area contributed by atoms with Gasteiger partial charge in [0.1, 0.15) is 10.3 Å². The van der Waals surface area contributed by atoms with Gasteiger partial charge in [-0.05, 0) is 34.5 Å². The van der Waals surface area contributed by atoms with Crippen LogP contribution in [0, 0.1) is 6.92 Å². The van der Waals surface area contributed by atoms with Crippen LogP contribution in [0.2, 0.25) is 10.3 Å². The lowest BCUT2D eigenvalue weighted by Crippen LogP contribution is -1.82. The summed E-state index contributed by atoms with van der Waals surface area (Å²) in [6.45, 7) is 1.87. The molecular weight excluding hydrogens is 237 g/mol. The van der Waals surface area contributed by atoms with E-state index in [9.17, 15) is 0 Å². The fourth-order valence-electron chi connectivity index (χ4n) is 0.537. The smallest absolute Gasteiger partial charge is 0.144 e. The van der Waals surface area contributed by atoms with E-state index in [1.165, 1.54) is 0 Å². The van der Waals surface area contributed by atoms with Crippen LogP contribution >= 0.6 is 39.1 Å². The largest absolute Gasteiger partial charge is 0.223 e. The molecule has 0 saturated carbocycles. The Balaban J connectivity index is 3.28. The average Bonchev–Trinajstić information content (AvgIpc) is 1.84.